The van der Waals surface area contributed by atoms with E-state index in [0.29, 0.717) is 40.3 Å². The van der Waals surface area contributed by atoms with E-state index in [1.807, 2.05) is 44.2 Å². The van der Waals surface area contributed by atoms with Crippen LogP contribution in [-0.2, 0) is 6.54 Å². The first-order valence-corrected chi connectivity index (χ1v) is 9.99. The number of aryl methyl sites for hydroxylation is 2. The van der Waals surface area contributed by atoms with Crippen molar-refractivity contribution in [3.63, 3.8) is 0 Å². The van der Waals surface area contributed by atoms with Gasteiger partial charge in [0, 0.05) is 23.0 Å². The largest absolute Gasteiger partial charge is 0.441 e. The van der Waals surface area contributed by atoms with Gasteiger partial charge in [0.15, 0.2) is 5.65 Å². The average Bonchev–Trinajstić information content (AvgIpc) is 3.30. The number of halogens is 1. The van der Waals surface area contributed by atoms with Crippen molar-refractivity contribution in [2.24, 2.45) is 0 Å². The highest BCUT2D eigenvalue weighted by Crippen LogP contribution is 2.22. The smallest absolute Gasteiger partial charge is 0.353 e. The fourth-order valence-electron chi connectivity index (χ4n) is 3.42. The predicted molar refractivity (Wildman–Crippen MR) is 117 cm³/mol. The lowest BCUT2D eigenvalue weighted by molar-refractivity contribution is 0.535. The van der Waals surface area contributed by atoms with Gasteiger partial charge in [-0.15, -0.1) is 5.10 Å². The van der Waals surface area contributed by atoms with Crippen molar-refractivity contribution in [2.75, 3.05) is 5.32 Å². The number of hydrogen-bond donors (Lipinski definition) is 1. The number of anilines is 2. The molecule has 0 unspecified atom stereocenters. The number of hydrogen-bond acceptors (Lipinski definition) is 6. The Kier molecular flexibility index (Phi) is 4.78. The van der Waals surface area contributed by atoms with Crippen molar-refractivity contribution >= 4 is 17.3 Å². The summed E-state index contributed by atoms with van der Waals surface area (Å²) in [6.45, 7) is 3.77. The van der Waals surface area contributed by atoms with Gasteiger partial charge in [-0.1, -0.05) is 18.2 Å². The predicted octanol–water partition coefficient (Wildman–Crippen LogP) is 4.09. The van der Waals surface area contributed by atoms with Gasteiger partial charge in [-0.05, 0) is 50.2 Å². The van der Waals surface area contributed by atoms with Crippen molar-refractivity contribution < 1.29 is 8.81 Å². The molecule has 0 saturated carbocycles. The molecule has 0 fully saturated rings. The summed E-state index contributed by atoms with van der Waals surface area (Å²) in [5.74, 6) is 1.06. The number of fused-ring (bicyclic) bond motifs is 1. The molecule has 3 heterocycles. The van der Waals surface area contributed by atoms with Crippen LogP contribution in [0.3, 0.4) is 0 Å². The third-order valence-electron chi connectivity index (χ3n) is 5.01. The molecule has 9 heteroatoms. The summed E-state index contributed by atoms with van der Waals surface area (Å²) in [5, 5.41) is 7.52. The SMILES string of the molecule is Cc1cc2nn(Cc3nc(-c4ccccc4)oc3C)c(=O)n2c(Nc2ccc(F)cc2)n1. The lowest BCUT2D eigenvalue weighted by Gasteiger charge is -2.07. The first-order chi connectivity index (χ1) is 15.5. The maximum atomic E-state index is 13.2. The minimum atomic E-state index is -0.374. The van der Waals surface area contributed by atoms with Gasteiger partial charge >= 0.3 is 5.69 Å². The summed E-state index contributed by atoms with van der Waals surface area (Å²) in [5.41, 5.74) is 2.83. The van der Waals surface area contributed by atoms with Gasteiger partial charge in [0.25, 0.3) is 0 Å². The van der Waals surface area contributed by atoms with Crippen LogP contribution in [0.5, 0.6) is 0 Å². The van der Waals surface area contributed by atoms with E-state index in [2.05, 4.69) is 20.4 Å². The monoisotopic (exact) mass is 430 g/mol. The maximum absolute atomic E-state index is 13.2. The molecule has 8 nitrogen and oxygen atoms in total. The first kappa shape index (κ1) is 19.7. The fourth-order valence-corrected chi connectivity index (χ4v) is 3.42. The lowest BCUT2D eigenvalue weighted by Crippen LogP contribution is -2.23. The minimum absolute atomic E-state index is 0.151. The summed E-state index contributed by atoms with van der Waals surface area (Å²) in [4.78, 5) is 22.2. The van der Waals surface area contributed by atoms with Crippen molar-refractivity contribution in [1.29, 1.82) is 0 Å². The molecule has 1 N–H and O–H groups in total. The van der Waals surface area contributed by atoms with Crippen LogP contribution in [0.2, 0.25) is 0 Å². The Labute approximate surface area is 182 Å². The number of nitrogens with zero attached hydrogens (tertiary/aromatic N) is 5. The Morgan fingerprint density at radius 2 is 1.78 bits per heavy atom. The van der Waals surface area contributed by atoms with E-state index in [4.69, 9.17) is 4.42 Å². The Balaban J connectivity index is 1.52. The molecule has 0 aliphatic heterocycles. The third kappa shape index (κ3) is 3.64. The highest BCUT2D eigenvalue weighted by atomic mass is 19.1. The molecule has 0 saturated heterocycles. The van der Waals surface area contributed by atoms with Crippen molar-refractivity contribution in [3.05, 3.63) is 94.1 Å². The third-order valence-corrected chi connectivity index (χ3v) is 5.01. The lowest BCUT2D eigenvalue weighted by atomic mass is 10.2. The van der Waals surface area contributed by atoms with Crippen LogP contribution < -0.4 is 11.0 Å². The van der Waals surface area contributed by atoms with Crippen molar-refractivity contribution in [1.82, 2.24) is 24.1 Å². The van der Waals surface area contributed by atoms with Crippen molar-refractivity contribution in [3.8, 4) is 11.5 Å². The molecule has 2 aromatic carbocycles. The summed E-state index contributed by atoms with van der Waals surface area (Å²) >= 11 is 0. The Bertz CT molecular complexity index is 1470. The number of nitrogens with one attached hydrogen (secondary N) is 1. The molecule has 0 spiro atoms. The van der Waals surface area contributed by atoms with E-state index in [1.165, 1.54) is 21.2 Å². The molecule has 0 aliphatic carbocycles. The number of benzene rings is 2. The van der Waals surface area contributed by atoms with Gasteiger partial charge in [0.2, 0.25) is 11.8 Å². The maximum Gasteiger partial charge on any atom is 0.353 e. The van der Waals surface area contributed by atoms with Gasteiger partial charge in [0.05, 0.1) is 6.54 Å². The van der Waals surface area contributed by atoms with Crippen LogP contribution >= 0.6 is 0 Å². The van der Waals surface area contributed by atoms with Crippen LogP contribution in [-0.4, -0.2) is 24.1 Å². The summed E-state index contributed by atoms with van der Waals surface area (Å²) in [6, 6.07) is 17.1. The molecule has 3 aromatic heterocycles. The zero-order valence-electron chi connectivity index (χ0n) is 17.4. The molecule has 0 atom stereocenters. The second-order valence-electron chi connectivity index (χ2n) is 7.37. The molecular formula is C23H19FN6O2. The second-order valence-corrected chi connectivity index (χ2v) is 7.37. The van der Waals surface area contributed by atoms with Crippen LogP contribution in [0.1, 0.15) is 17.1 Å². The molecule has 160 valence electrons. The average molecular weight is 430 g/mol. The van der Waals surface area contributed by atoms with E-state index in [1.54, 1.807) is 18.2 Å². The van der Waals surface area contributed by atoms with Gasteiger partial charge in [-0.2, -0.15) is 0 Å². The quantitative estimate of drug-likeness (QED) is 0.452. The molecule has 0 bridgehead atoms. The normalized spacial score (nSPS) is 11.2. The topological polar surface area (TPSA) is 90.2 Å². The van der Waals surface area contributed by atoms with Gasteiger partial charge in [-0.25, -0.2) is 28.2 Å². The van der Waals surface area contributed by atoms with Crippen LogP contribution in [0, 0.1) is 19.7 Å². The van der Waals surface area contributed by atoms with Crippen LogP contribution in [0.15, 0.2) is 69.9 Å². The zero-order valence-corrected chi connectivity index (χ0v) is 17.4. The Morgan fingerprint density at radius 3 is 2.53 bits per heavy atom. The molecule has 0 aliphatic rings. The molecule has 32 heavy (non-hydrogen) atoms. The second kappa shape index (κ2) is 7.77. The molecule has 5 rings (SSSR count). The van der Waals surface area contributed by atoms with Gasteiger partial charge < -0.3 is 9.73 Å². The van der Waals surface area contributed by atoms with Gasteiger partial charge in [-0.3, -0.25) is 0 Å². The molecule has 0 radical (unpaired) electrons. The van der Waals surface area contributed by atoms with Crippen LogP contribution in [0.4, 0.5) is 16.0 Å². The molecule has 5 aromatic rings. The van der Waals surface area contributed by atoms with E-state index in [0.717, 1.165) is 5.56 Å². The van der Waals surface area contributed by atoms with Gasteiger partial charge in [0.1, 0.15) is 17.3 Å². The number of rotatable bonds is 5. The standard InChI is InChI=1S/C23H19FN6O2/c1-14-12-20-28-29(13-19-15(2)32-21(27-19)16-6-4-3-5-7-16)23(31)30(20)22(25-14)26-18-10-8-17(24)9-11-18/h3-12H,13H2,1-2H3,(H,25,26). The highest BCUT2D eigenvalue weighted by Gasteiger charge is 2.17. The van der Waals surface area contributed by atoms with E-state index in [-0.39, 0.29) is 18.1 Å². The highest BCUT2D eigenvalue weighted by molar-refractivity contribution is 5.57. The number of oxazole rings is 1. The van der Waals surface area contributed by atoms with E-state index in [9.17, 15) is 9.18 Å². The first-order valence-electron chi connectivity index (χ1n) is 9.99. The molecule has 0 amide bonds. The summed E-state index contributed by atoms with van der Waals surface area (Å²) < 4.78 is 21.7. The van der Waals surface area contributed by atoms with E-state index >= 15 is 0 Å². The summed E-state index contributed by atoms with van der Waals surface area (Å²) in [7, 11) is 0. The molecular weight excluding hydrogens is 411 g/mol. The zero-order chi connectivity index (χ0) is 22.2. The fraction of sp³-hybridized carbons (Fsp3) is 0.130. The Morgan fingerprint density at radius 1 is 1.03 bits per heavy atom. The summed E-state index contributed by atoms with van der Waals surface area (Å²) in [6.07, 6.45) is 0. The van der Waals surface area contributed by atoms with E-state index < -0.39 is 0 Å². The van der Waals surface area contributed by atoms with Crippen molar-refractivity contribution in [2.45, 2.75) is 20.4 Å². The van der Waals surface area contributed by atoms with Crippen LogP contribution in [0.25, 0.3) is 17.1 Å². The minimum Gasteiger partial charge on any atom is -0.441 e. The Hall–Kier alpha value is -4.27. The number of aromatic nitrogens is 5.